The van der Waals surface area contributed by atoms with E-state index in [4.69, 9.17) is 4.74 Å². The zero-order chi connectivity index (χ0) is 19.9. The SMILES string of the molecule is CCC(=O)N1CCC(NC(=NC)NCCOc2cccc(C(F)(F)F)c2)C1.I. The number of rotatable bonds is 6. The molecule has 0 aromatic heterocycles. The predicted octanol–water partition coefficient (Wildman–Crippen LogP) is 2.88. The number of aliphatic imine (C=N–C) groups is 1. The molecule has 2 rings (SSSR count). The Kier molecular flexibility index (Phi) is 9.83. The van der Waals surface area contributed by atoms with Crippen LogP contribution in [0.4, 0.5) is 13.2 Å². The van der Waals surface area contributed by atoms with Gasteiger partial charge in [0.05, 0.1) is 12.1 Å². The highest BCUT2D eigenvalue weighted by atomic mass is 127. The molecule has 1 amide bonds. The quantitative estimate of drug-likeness (QED) is 0.265. The van der Waals surface area contributed by atoms with Gasteiger partial charge in [0.25, 0.3) is 0 Å². The number of carbonyl (C=O) groups excluding carboxylic acids is 1. The van der Waals surface area contributed by atoms with Crippen molar-refractivity contribution in [1.29, 1.82) is 0 Å². The molecule has 158 valence electrons. The minimum Gasteiger partial charge on any atom is -0.492 e. The van der Waals surface area contributed by atoms with E-state index in [1.165, 1.54) is 12.1 Å². The first-order valence-electron chi connectivity index (χ1n) is 8.88. The third-order valence-electron chi connectivity index (χ3n) is 4.23. The maximum Gasteiger partial charge on any atom is 0.416 e. The summed E-state index contributed by atoms with van der Waals surface area (Å²) in [6.45, 7) is 3.76. The van der Waals surface area contributed by atoms with E-state index in [1.807, 2.05) is 11.8 Å². The third-order valence-corrected chi connectivity index (χ3v) is 4.23. The number of benzene rings is 1. The summed E-state index contributed by atoms with van der Waals surface area (Å²) in [7, 11) is 1.63. The van der Waals surface area contributed by atoms with Gasteiger partial charge in [-0.2, -0.15) is 13.2 Å². The number of likely N-dealkylation sites (tertiary alicyclic amines) is 1. The van der Waals surface area contributed by atoms with Crippen LogP contribution in [0.1, 0.15) is 25.3 Å². The Morgan fingerprint density at radius 2 is 2.14 bits per heavy atom. The summed E-state index contributed by atoms with van der Waals surface area (Å²) in [5.74, 6) is 0.870. The molecular formula is C18H26F3IN4O2. The molecule has 1 saturated heterocycles. The van der Waals surface area contributed by atoms with E-state index in [-0.39, 0.29) is 48.3 Å². The van der Waals surface area contributed by atoms with Gasteiger partial charge >= 0.3 is 6.18 Å². The van der Waals surface area contributed by atoms with Gasteiger partial charge in [-0.15, -0.1) is 24.0 Å². The number of hydrogen-bond donors (Lipinski definition) is 2. The molecule has 6 nitrogen and oxygen atoms in total. The molecule has 1 heterocycles. The van der Waals surface area contributed by atoms with Gasteiger partial charge in [-0.3, -0.25) is 9.79 Å². The lowest BCUT2D eigenvalue weighted by Crippen LogP contribution is -2.46. The Hall–Kier alpha value is -1.72. The zero-order valence-corrected chi connectivity index (χ0v) is 18.2. The lowest BCUT2D eigenvalue weighted by molar-refractivity contribution is -0.137. The molecule has 28 heavy (non-hydrogen) atoms. The Morgan fingerprint density at radius 3 is 2.79 bits per heavy atom. The van der Waals surface area contributed by atoms with Crippen LogP contribution in [0, 0.1) is 0 Å². The van der Waals surface area contributed by atoms with Crippen LogP contribution in [0.3, 0.4) is 0 Å². The summed E-state index contributed by atoms with van der Waals surface area (Å²) in [4.78, 5) is 17.7. The summed E-state index contributed by atoms with van der Waals surface area (Å²) in [5, 5.41) is 6.30. The van der Waals surface area contributed by atoms with Crippen LogP contribution in [0.15, 0.2) is 29.3 Å². The summed E-state index contributed by atoms with van der Waals surface area (Å²) >= 11 is 0. The molecular weight excluding hydrogens is 488 g/mol. The van der Waals surface area contributed by atoms with Crippen LogP contribution in [-0.4, -0.2) is 56.1 Å². The minimum atomic E-state index is -4.39. The molecule has 0 saturated carbocycles. The van der Waals surface area contributed by atoms with E-state index in [2.05, 4.69) is 15.6 Å². The van der Waals surface area contributed by atoms with Gasteiger partial charge in [0, 0.05) is 32.6 Å². The molecule has 1 aliphatic rings. The zero-order valence-electron chi connectivity index (χ0n) is 15.9. The number of amides is 1. The molecule has 0 aliphatic carbocycles. The van der Waals surface area contributed by atoms with Gasteiger partial charge < -0.3 is 20.3 Å². The normalized spacial score (nSPS) is 17.1. The van der Waals surface area contributed by atoms with Crippen molar-refractivity contribution in [3.8, 4) is 5.75 Å². The number of alkyl halides is 3. The van der Waals surface area contributed by atoms with E-state index >= 15 is 0 Å². The first kappa shape index (κ1) is 24.3. The lowest BCUT2D eigenvalue weighted by atomic mass is 10.2. The molecule has 2 N–H and O–H groups in total. The van der Waals surface area contributed by atoms with Gasteiger partial charge in [0.2, 0.25) is 5.91 Å². The van der Waals surface area contributed by atoms with Gasteiger partial charge in [-0.1, -0.05) is 13.0 Å². The van der Waals surface area contributed by atoms with Crippen molar-refractivity contribution in [1.82, 2.24) is 15.5 Å². The first-order chi connectivity index (χ1) is 12.8. The average Bonchev–Trinajstić information content (AvgIpc) is 3.11. The standard InChI is InChI=1S/C18H25F3N4O2.HI/c1-3-16(26)25-9-7-14(12-25)24-17(22-2)23-8-10-27-15-6-4-5-13(11-15)18(19,20)21;/h4-6,11,14H,3,7-10,12H2,1-2H3,(H2,22,23,24);1H. The summed E-state index contributed by atoms with van der Waals surface area (Å²) in [5.41, 5.74) is -0.738. The fraction of sp³-hybridized carbons (Fsp3) is 0.556. The van der Waals surface area contributed by atoms with Crippen LogP contribution < -0.4 is 15.4 Å². The van der Waals surface area contributed by atoms with Crippen molar-refractivity contribution >= 4 is 35.8 Å². The third kappa shape index (κ3) is 7.36. The van der Waals surface area contributed by atoms with E-state index in [1.54, 1.807) is 7.05 Å². The van der Waals surface area contributed by atoms with Crippen LogP contribution in [0.2, 0.25) is 0 Å². The second-order valence-corrected chi connectivity index (χ2v) is 6.20. The monoisotopic (exact) mass is 514 g/mol. The second kappa shape index (κ2) is 11.3. The van der Waals surface area contributed by atoms with Crippen molar-refractivity contribution in [2.75, 3.05) is 33.3 Å². The highest BCUT2D eigenvalue weighted by Crippen LogP contribution is 2.31. The van der Waals surface area contributed by atoms with Crippen molar-refractivity contribution in [2.24, 2.45) is 4.99 Å². The highest BCUT2D eigenvalue weighted by Gasteiger charge is 2.30. The molecule has 1 unspecified atom stereocenters. The number of hydrogen-bond acceptors (Lipinski definition) is 3. The van der Waals surface area contributed by atoms with E-state index in [0.29, 0.717) is 25.5 Å². The van der Waals surface area contributed by atoms with E-state index < -0.39 is 11.7 Å². The smallest absolute Gasteiger partial charge is 0.416 e. The Bertz CT molecular complexity index is 670. The lowest BCUT2D eigenvalue weighted by Gasteiger charge is -2.19. The number of carbonyl (C=O) groups is 1. The summed E-state index contributed by atoms with van der Waals surface area (Å²) in [6.07, 6.45) is -3.06. The van der Waals surface area contributed by atoms with E-state index in [0.717, 1.165) is 25.1 Å². The Morgan fingerprint density at radius 1 is 1.39 bits per heavy atom. The van der Waals surface area contributed by atoms with E-state index in [9.17, 15) is 18.0 Å². The van der Waals surface area contributed by atoms with Crippen LogP contribution in [0.5, 0.6) is 5.75 Å². The van der Waals surface area contributed by atoms with Crippen LogP contribution in [-0.2, 0) is 11.0 Å². The molecule has 0 spiro atoms. The van der Waals surface area contributed by atoms with Gasteiger partial charge in [-0.25, -0.2) is 0 Å². The fourth-order valence-electron chi connectivity index (χ4n) is 2.82. The Labute approximate surface area is 179 Å². The maximum absolute atomic E-state index is 12.7. The van der Waals surface area contributed by atoms with Gasteiger partial charge in [-0.05, 0) is 24.6 Å². The van der Waals surface area contributed by atoms with Crippen LogP contribution >= 0.6 is 24.0 Å². The average molecular weight is 514 g/mol. The highest BCUT2D eigenvalue weighted by molar-refractivity contribution is 14.0. The van der Waals surface area contributed by atoms with Crippen LogP contribution in [0.25, 0.3) is 0 Å². The molecule has 0 radical (unpaired) electrons. The van der Waals surface area contributed by atoms with Gasteiger partial charge in [0.1, 0.15) is 12.4 Å². The molecule has 1 atom stereocenters. The number of ether oxygens (including phenoxy) is 1. The molecule has 1 aromatic carbocycles. The summed E-state index contributed by atoms with van der Waals surface area (Å²) < 4.78 is 43.4. The predicted molar refractivity (Wildman–Crippen MR) is 112 cm³/mol. The Balaban J connectivity index is 0.00000392. The minimum absolute atomic E-state index is 0. The summed E-state index contributed by atoms with van der Waals surface area (Å²) in [6, 6.07) is 4.90. The number of nitrogens with zero attached hydrogens (tertiary/aromatic N) is 2. The molecule has 1 aliphatic heterocycles. The number of halogens is 4. The van der Waals surface area contributed by atoms with Crippen molar-refractivity contribution < 1.29 is 22.7 Å². The maximum atomic E-state index is 12.7. The molecule has 0 bridgehead atoms. The molecule has 10 heteroatoms. The number of nitrogens with one attached hydrogen (secondary N) is 2. The topological polar surface area (TPSA) is 66.0 Å². The fourth-order valence-corrected chi connectivity index (χ4v) is 2.82. The number of guanidine groups is 1. The van der Waals surface area contributed by atoms with Crippen molar-refractivity contribution in [3.05, 3.63) is 29.8 Å². The van der Waals surface area contributed by atoms with Crippen molar-refractivity contribution in [3.63, 3.8) is 0 Å². The second-order valence-electron chi connectivity index (χ2n) is 6.20. The van der Waals surface area contributed by atoms with Crippen molar-refractivity contribution in [2.45, 2.75) is 32.0 Å². The first-order valence-corrected chi connectivity index (χ1v) is 8.88. The largest absolute Gasteiger partial charge is 0.492 e. The molecule has 1 aromatic rings. The molecule has 1 fully saturated rings. The van der Waals surface area contributed by atoms with Gasteiger partial charge in [0.15, 0.2) is 5.96 Å².